The van der Waals surface area contributed by atoms with E-state index in [1.165, 1.54) is 16.9 Å². The highest BCUT2D eigenvalue weighted by Crippen LogP contribution is 2.38. The first-order valence-electron chi connectivity index (χ1n) is 8.88. The molecule has 0 bridgehead atoms. The first-order valence-corrected chi connectivity index (χ1v) is 8.88. The van der Waals surface area contributed by atoms with Crippen molar-refractivity contribution >= 4 is 12.0 Å². The fraction of sp³-hybridized carbons (Fsp3) is 0.882. The Kier molecular flexibility index (Phi) is 6.01. The van der Waals surface area contributed by atoms with E-state index >= 15 is 0 Å². The molecule has 156 valence electrons. The molecule has 0 unspecified atom stereocenters. The molecule has 0 aromatic rings. The lowest BCUT2D eigenvalue weighted by Crippen LogP contribution is -2.57. The Hall–Kier alpha value is -1.55. The molecule has 0 saturated carbocycles. The third-order valence-electron chi connectivity index (χ3n) is 4.94. The number of ether oxygens (including phenoxy) is 2. The third-order valence-corrected chi connectivity index (χ3v) is 4.94. The number of likely N-dealkylation sites (tertiary alicyclic amines) is 2. The summed E-state index contributed by atoms with van der Waals surface area (Å²) in [6, 6.07) is -0.859. The topological polar surface area (TPSA) is 79.3 Å². The molecule has 0 aromatic heterocycles. The molecule has 2 rings (SSSR count). The van der Waals surface area contributed by atoms with E-state index < -0.39 is 48.3 Å². The standard InChI is InChI=1S/C17H27F3N2O5/c1-15(2,3)27-14(24)22-10-11(26-4)9-12(22)13(23)21-7-5-16(25,6-8-21)17(18,19)20/h11-12,25H,5-10H2,1-4H3/t11-,12+/m0/s1. The van der Waals surface area contributed by atoms with E-state index in [-0.39, 0.29) is 32.2 Å². The van der Waals surface area contributed by atoms with Gasteiger partial charge in [0.2, 0.25) is 5.91 Å². The fourth-order valence-corrected chi connectivity index (χ4v) is 3.32. The van der Waals surface area contributed by atoms with Gasteiger partial charge < -0.3 is 19.5 Å². The molecule has 2 amide bonds. The summed E-state index contributed by atoms with van der Waals surface area (Å²) in [7, 11) is 1.47. The van der Waals surface area contributed by atoms with Crippen molar-refractivity contribution in [2.75, 3.05) is 26.7 Å². The quantitative estimate of drug-likeness (QED) is 0.772. The van der Waals surface area contributed by atoms with Gasteiger partial charge in [0.15, 0.2) is 5.60 Å². The number of piperidine rings is 1. The van der Waals surface area contributed by atoms with Gasteiger partial charge in [0.1, 0.15) is 11.6 Å². The van der Waals surface area contributed by atoms with E-state index in [0.29, 0.717) is 0 Å². The highest BCUT2D eigenvalue weighted by atomic mass is 19.4. The molecule has 0 aliphatic carbocycles. The molecule has 1 N–H and O–H groups in total. The van der Waals surface area contributed by atoms with Crippen molar-refractivity contribution in [2.24, 2.45) is 0 Å². The molecular formula is C17H27F3N2O5. The molecule has 0 radical (unpaired) electrons. The van der Waals surface area contributed by atoms with Gasteiger partial charge >= 0.3 is 12.3 Å². The highest BCUT2D eigenvalue weighted by molar-refractivity contribution is 5.86. The summed E-state index contributed by atoms with van der Waals surface area (Å²) in [5.74, 6) is -0.454. The molecule has 7 nitrogen and oxygen atoms in total. The summed E-state index contributed by atoms with van der Waals surface area (Å²) in [5.41, 5.74) is -3.52. The van der Waals surface area contributed by atoms with E-state index in [9.17, 15) is 27.9 Å². The minimum atomic E-state index is -4.74. The zero-order valence-electron chi connectivity index (χ0n) is 16.0. The Morgan fingerprint density at radius 2 is 1.70 bits per heavy atom. The van der Waals surface area contributed by atoms with Crippen LogP contribution in [-0.2, 0) is 14.3 Å². The van der Waals surface area contributed by atoms with E-state index in [1.807, 2.05) is 0 Å². The summed E-state index contributed by atoms with van der Waals surface area (Å²) in [4.78, 5) is 27.8. The number of hydrogen-bond donors (Lipinski definition) is 1. The van der Waals surface area contributed by atoms with Crippen LogP contribution in [-0.4, -0.2) is 83.2 Å². The Bertz CT molecular complexity index is 568. The molecule has 2 atom stereocenters. The monoisotopic (exact) mass is 396 g/mol. The summed E-state index contributed by atoms with van der Waals surface area (Å²) in [6.45, 7) is 4.81. The van der Waals surface area contributed by atoms with Crippen LogP contribution in [0.5, 0.6) is 0 Å². The minimum Gasteiger partial charge on any atom is -0.444 e. The predicted molar refractivity (Wildman–Crippen MR) is 89.0 cm³/mol. The van der Waals surface area contributed by atoms with Crippen molar-refractivity contribution in [1.82, 2.24) is 9.80 Å². The normalized spacial score (nSPS) is 26.2. The van der Waals surface area contributed by atoms with Gasteiger partial charge in [-0.25, -0.2) is 4.79 Å². The van der Waals surface area contributed by atoms with Gasteiger partial charge in [-0.1, -0.05) is 0 Å². The van der Waals surface area contributed by atoms with Crippen LogP contribution in [0, 0.1) is 0 Å². The van der Waals surface area contributed by atoms with Crippen LogP contribution in [0.25, 0.3) is 0 Å². The van der Waals surface area contributed by atoms with Gasteiger partial charge in [0.25, 0.3) is 0 Å². The summed E-state index contributed by atoms with van der Waals surface area (Å²) in [5, 5.41) is 9.75. The van der Waals surface area contributed by atoms with Crippen LogP contribution in [0.1, 0.15) is 40.0 Å². The van der Waals surface area contributed by atoms with Gasteiger partial charge in [-0.05, 0) is 20.8 Å². The number of amides is 2. The fourth-order valence-electron chi connectivity index (χ4n) is 3.32. The number of hydrogen-bond acceptors (Lipinski definition) is 5. The number of alkyl halides is 3. The van der Waals surface area contributed by atoms with Crippen molar-refractivity contribution < 1.29 is 37.3 Å². The largest absolute Gasteiger partial charge is 0.444 e. The minimum absolute atomic E-state index is 0.169. The highest BCUT2D eigenvalue weighted by Gasteiger charge is 2.55. The maximum atomic E-state index is 12.9. The SMILES string of the molecule is CO[C@H]1C[C@H](C(=O)N2CCC(O)(C(F)(F)F)CC2)N(C(=O)OC(C)(C)C)C1. The molecule has 2 fully saturated rings. The Labute approximate surface area is 156 Å². The Morgan fingerprint density at radius 1 is 1.15 bits per heavy atom. The van der Waals surface area contributed by atoms with Crippen molar-refractivity contribution in [2.45, 2.75) is 69.6 Å². The Morgan fingerprint density at radius 3 is 2.15 bits per heavy atom. The van der Waals surface area contributed by atoms with Crippen molar-refractivity contribution in [3.63, 3.8) is 0 Å². The number of nitrogens with zero attached hydrogens (tertiary/aromatic N) is 2. The molecule has 0 aromatic carbocycles. The lowest BCUT2D eigenvalue weighted by Gasteiger charge is -2.40. The van der Waals surface area contributed by atoms with Gasteiger partial charge in [-0.3, -0.25) is 9.69 Å². The summed E-state index contributed by atoms with van der Waals surface area (Å²) >= 11 is 0. The van der Waals surface area contributed by atoms with Crippen LogP contribution in [0.3, 0.4) is 0 Å². The van der Waals surface area contributed by atoms with Crippen molar-refractivity contribution in [1.29, 1.82) is 0 Å². The molecule has 2 aliphatic rings. The third kappa shape index (κ3) is 4.84. The van der Waals surface area contributed by atoms with Gasteiger partial charge in [0, 0.05) is 39.5 Å². The van der Waals surface area contributed by atoms with E-state index in [2.05, 4.69) is 0 Å². The predicted octanol–water partition coefficient (Wildman–Crippen LogP) is 1.93. The second-order valence-corrected chi connectivity index (χ2v) is 8.10. The van der Waals surface area contributed by atoms with E-state index in [4.69, 9.17) is 9.47 Å². The maximum absolute atomic E-state index is 12.9. The first-order chi connectivity index (χ1) is 12.3. The smallest absolute Gasteiger partial charge is 0.417 e. The lowest BCUT2D eigenvalue weighted by atomic mass is 9.90. The second kappa shape index (κ2) is 7.46. The molecule has 0 spiro atoms. The Balaban J connectivity index is 2.08. The zero-order valence-corrected chi connectivity index (χ0v) is 16.0. The van der Waals surface area contributed by atoms with Gasteiger partial charge in [-0.2, -0.15) is 13.2 Å². The molecule has 2 heterocycles. The summed E-state index contributed by atoms with van der Waals surface area (Å²) in [6.07, 6.45) is -6.69. The van der Waals surface area contributed by atoms with Crippen LogP contribution < -0.4 is 0 Å². The number of carbonyl (C=O) groups is 2. The van der Waals surface area contributed by atoms with Crippen LogP contribution in [0.15, 0.2) is 0 Å². The molecule has 2 aliphatic heterocycles. The van der Waals surface area contributed by atoms with E-state index in [1.54, 1.807) is 20.8 Å². The second-order valence-electron chi connectivity index (χ2n) is 8.10. The average molecular weight is 396 g/mol. The number of methoxy groups -OCH3 is 1. The van der Waals surface area contributed by atoms with Gasteiger partial charge in [0.05, 0.1) is 12.6 Å². The molecular weight excluding hydrogens is 369 g/mol. The van der Waals surface area contributed by atoms with Crippen LogP contribution in [0.2, 0.25) is 0 Å². The number of rotatable bonds is 2. The number of carbonyl (C=O) groups excluding carboxylic acids is 2. The van der Waals surface area contributed by atoms with Crippen LogP contribution in [0.4, 0.5) is 18.0 Å². The van der Waals surface area contributed by atoms with E-state index in [0.717, 1.165) is 0 Å². The lowest BCUT2D eigenvalue weighted by molar-refractivity contribution is -0.272. The zero-order chi connectivity index (χ0) is 20.6. The van der Waals surface area contributed by atoms with Crippen molar-refractivity contribution in [3.05, 3.63) is 0 Å². The first kappa shape index (κ1) is 21.7. The summed E-state index contributed by atoms with van der Waals surface area (Å²) < 4.78 is 49.4. The average Bonchev–Trinajstić information content (AvgIpc) is 2.97. The number of halogens is 3. The number of aliphatic hydroxyl groups is 1. The molecule has 10 heteroatoms. The van der Waals surface area contributed by atoms with Gasteiger partial charge in [-0.15, -0.1) is 0 Å². The maximum Gasteiger partial charge on any atom is 0.417 e. The van der Waals surface area contributed by atoms with Crippen molar-refractivity contribution in [3.8, 4) is 0 Å². The molecule has 27 heavy (non-hydrogen) atoms. The molecule has 2 saturated heterocycles. The van der Waals surface area contributed by atoms with Crippen LogP contribution >= 0.6 is 0 Å².